The Morgan fingerprint density at radius 1 is 1.14 bits per heavy atom. The summed E-state index contributed by atoms with van der Waals surface area (Å²) >= 11 is 0. The first-order chi connectivity index (χ1) is 9.79. The molecule has 6 nitrogen and oxygen atoms in total. The number of ether oxygens (including phenoxy) is 1. The number of carbonyl (C=O) groups is 1. The molecule has 0 aromatic heterocycles. The number of nitrogens with two attached hydrogens (primary N) is 1. The number of carboxylic acids is 1. The van der Waals surface area contributed by atoms with Crippen LogP contribution in [0.5, 0.6) is 11.5 Å². The lowest BCUT2D eigenvalue weighted by molar-refractivity contribution is 0.0693. The molecule has 0 saturated carbocycles. The highest BCUT2D eigenvalue weighted by Crippen LogP contribution is 2.30. The molecule has 0 aliphatic rings. The summed E-state index contributed by atoms with van der Waals surface area (Å²) in [6.07, 6.45) is 0. The number of hydrogen-bond acceptors (Lipinski definition) is 4. The first-order valence-corrected chi connectivity index (χ1v) is 7.16. The molecule has 0 saturated heterocycles. The van der Waals surface area contributed by atoms with Gasteiger partial charge in [0, 0.05) is 0 Å². The number of sulfonamides is 1. The van der Waals surface area contributed by atoms with Crippen molar-refractivity contribution in [2.75, 3.05) is 0 Å². The van der Waals surface area contributed by atoms with Crippen LogP contribution < -0.4 is 9.88 Å². The van der Waals surface area contributed by atoms with Crippen LogP contribution in [0.2, 0.25) is 0 Å². The van der Waals surface area contributed by atoms with Crippen molar-refractivity contribution < 1.29 is 27.4 Å². The summed E-state index contributed by atoms with van der Waals surface area (Å²) in [5.74, 6) is -2.49. The van der Waals surface area contributed by atoms with Crippen LogP contribution >= 0.6 is 0 Å². The van der Waals surface area contributed by atoms with Gasteiger partial charge in [-0.3, -0.25) is 0 Å². The van der Waals surface area contributed by atoms with E-state index in [1.807, 2.05) is 0 Å². The Balaban J connectivity index is 2.52. The van der Waals surface area contributed by atoms with E-state index in [1.54, 1.807) is 0 Å². The van der Waals surface area contributed by atoms with Gasteiger partial charge in [-0.2, -0.15) is 0 Å². The van der Waals surface area contributed by atoms with E-state index in [4.69, 9.17) is 15.0 Å². The molecule has 0 aliphatic heterocycles. The Morgan fingerprint density at radius 3 is 2.43 bits per heavy atom. The van der Waals surface area contributed by atoms with Gasteiger partial charge in [-0.1, -0.05) is 12.1 Å². The molecule has 0 spiro atoms. The van der Waals surface area contributed by atoms with Crippen molar-refractivity contribution >= 4 is 16.0 Å². The van der Waals surface area contributed by atoms with E-state index < -0.39 is 27.4 Å². The molecule has 2 aromatic carbocycles. The van der Waals surface area contributed by atoms with Crippen LogP contribution in [0.25, 0.3) is 0 Å². The van der Waals surface area contributed by atoms with E-state index in [9.17, 15) is 17.6 Å². The minimum Gasteiger partial charge on any atom is -0.478 e. The van der Waals surface area contributed by atoms with Gasteiger partial charge in [-0.05, 0) is 30.3 Å². The largest absolute Gasteiger partial charge is 0.478 e. The lowest BCUT2D eigenvalue weighted by Crippen LogP contribution is -2.13. The summed E-state index contributed by atoms with van der Waals surface area (Å²) < 4.78 is 41.2. The second-order valence-corrected chi connectivity index (χ2v) is 5.57. The number of para-hydroxylation sites is 1. The van der Waals surface area contributed by atoms with Crippen LogP contribution in [-0.4, -0.2) is 19.5 Å². The maximum atomic E-state index is 13.1. The standard InChI is InChI=1S/C13H10FNO5S/c14-8-5-6-10(9(7-8)13(16)17)20-11-3-1-2-4-12(11)21(15,18)19/h1-7H,(H,16,17)(H2,15,18,19). The van der Waals surface area contributed by atoms with Crippen molar-refractivity contribution in [2.24, 2.45) is 5.14 Å². The van der Waals surface area contributed by atoms with Crippen molar-refractivity contribution in [2.45, 2.75) is 4.90 Å². The van der Waals surface area contributed by atoms with E-state index in [0.29, 0.717) is 0 Å². The highest BCUT2D eigenvalue weighted by Gasteiger charge is 2.18. The third kappa shape index (κ3) is 3.36. The predicted molar refractivity (Wildman–Crippen MR) is 71.2 cm³/mol. The maximum absolute atomic E-state index is 13.1. The van der Waals surface area contributed by atoms with Gasteiger partial charge in [0.25, 0.3) is 0 Å². The summed E-state index contributed by atoms with van der Waals surface area (Å²) in [5, 5.41) is 14.1. The summed E-state index contributed by atoms with van der Waals surface area (Å²) in [6.45, 7) is 0. The van der Waals surface area contributed by atoms with Crippen LogP contribution in [-0.2, 0) is 10.0 Å². The molecule has 21 heavy (non-hydrogen) atoms. The summed E-state index contributed by atoms with van der Waals surface area (Å²) in [6, 6.07) is 8.34. The molecule has 110 valence electrons. The molecule has 0 amide bonds. The second kappa shape index (κ2) is 5.51. The monoisotopic (exact) mass is 311 g/mol. The Bertz CT molecular complexity index is 804. The fourth-order valence-electron chi connectivity index (χ4n) is 1.65. The third-order valence-electron chi connectivity index (χ3n) is 2.55. The number of rotatable bonds is 4. The molecule has 0 radical (unpaired) electrons. The van der Waals surface area contributed by atoms with Crippen LogP contribution in [0.3, 0.4) is 0 Å². The maximum Gasteiger partial charge on any atom is 0.339 e. The number of primary sulfonamides is 1. The lowest BCUT2D eigenvalue weighted by atomic mass is 10.2. The number of carboxylic acid groups (broad SMARTS) is 1. The highest BCUT2D eigenvalue weighted by molar-refractivity contribution is 7.89. The van der Waals surface area contributed by atoms with E-state index in [2.05, 4.69) is 0 Å². The van der Waals surface area contributed by atoms with E-state index in [-0.39, 0.29) is 16.4 Å². The van der Waals surface area contributed by atoms with Gasteiger partial charge >= 0.3 is 5.97 Å². The minimum atomic E-state index is -4.04. The summed E-state index contributed by atoms with van der Waals surface area (Å²) in [7, 11) is -4.04. The van der Waals surface area contributed by atoms with Crippen LogP contribution in [0.1, 0.15) is 10.4 Å². The van der Waals surface area contributed by atoms with Gasteiger partial charge in [-0.15, -0.1) is 0 Å². The molecule has 0 unspecified atom stereocenters. The summed E-state index contributed by atoms with van der Waals surface area (Å²) in [5.41, 5.74) is -0.431. The quantitative estimate of drug-likeness (QED) is 0.897. The van der Waals surface area contributed by atoms with Gasteiger partial charge in [0.2, 0.25) is 10.0 Å². The van der Waals surface area contributed by atoms with Crippen LogP contribution in [0.4, 0.5) is 4.39 Å². The zero-order valence-corrected chi connectivity index (χ0v) is 11.3. The van der Waals surface area contributed by atoms with Crippen LogP contribution in [0, 0.1) is 5.82 Å². The molecule has 0 bridgehead atoms. The molecule has 0 fully saturated rings. The second-order valence-electron chi connectivity index (χ2n) is 4.04. The minimum absolute atomic E-state index is 0.144. The smallest absolute Gasteiger partial charge is 0.339 e. The van der Waals surface area contributed by atoms with Crippen molar-refractivity contribution in [3.05, 3.63) is 53.8 Å². The normalized spacial score (nSPS) is 11.1. The average Bonchev–Trinajstić information content (AvgIpc) is 2.40. The van der Waals surface area contributed by atoms with Crippen molar-refractivity contribution in [3.63, 3.8) is 0 Å². The van der Waals surface area contributed by atoms with Crippen molar-refractivity contribution in [3.8, 4) is 11.5 Å². The molecule has 0 aliphatic carbocycles. The van der Waals surface area contributed by atoms with Crippen LogP contribution in [0.15, 0.2) is 47.4 Å². The number of halogens is 1. The van der Waals surface area contributed by atoms with Crippen molar-refractivity contribution in [1.29, 1.82) is 0 Å². The van der Waals surface area contributed by atoms with E-state index >= 15 is 0 Å². The van der Waals surface area contributed by atoms with Gasteiger partial charge in [0.05, 0.1) is 0 Å². The Labute approximate surface area is 119 Å². The average molecular weight is 311 g/mol. The molecule has 0 heterocycles. The molecule has 8 heteroatoms. The number of aromatic carboxylic acids is 1. The third-order valence-corrected chi connectivity index (χ3v) is 3.50. The fraction of sp³-hybridized carbons (Fsp3) is 0. The first-order valence-electron chi connectivity index (χ1n) is 5.61. The SMILES string of the molecule is NS(=O)(=O)c1ccccc1Oc1ccc(F)cc1C(=O)O. The predicted octanol–water partition coefficient (Wildman–Crippen LogP) is 1.96. The Hall–Kier alpha value is -2.45. The topological polar surface area (TPSA) is 107 Å². The molecule has 3 N–H and O–H groups in total. The molecule has 0 atom stereocenters. The lowest BCUT2D eigenvalue weighted by Gasteiger charge is -2.11. The number of benzene rings is 2. The molecule has 2 aromatic rings. The molecular formula is C13H10FNO5S. The van der Waals surface area contributed by atoms with Gasteiger partial charge in [0.15, 0.2) is 0 Å². The van der Waals surface area contributed by atoms with Gasteiger partial charge in [0.1, 0.15) is 27.8 Å². The van der Waals surface area contributed by atoms with Gasteiger partial charge in [-0.25, -0.2) is 22.7 Å². The zero-order chi connectivity index (χ0) is 15.6. The van der Waals surface area contributed by atoms with Crippen molar-refractivity contribution in [1.82, 2.24) is 0 Å². The zero-order valence-electron chi connectivity index (χ0n) is 10.5. The molecular weight excluding hydrogens is 301 g/mol. The molecule has 2 rings (SSSR count). The Kier molecular flexibility index (Phi) is 3.92. The fourth-order valence-corrected chi connectivity index (χ4v) is 2.30. The number of hydrogen-bond donors (Lipinski definition) is 2. The Morgan fingerprint density at radius 2 is 1.81 bits per heavy atom. The van der Waals surface area contributed by atoms with Gasteiger partial charge < -0.3 is 9.84 Å². The van der Waals surface area contributed by atoms with E-state index in [0.717, 1.165) is 18.2 Å². The summed E-state index contributed by atoms with van der Waals surface area (Å²) in [4.78, 5) is 10.8. The highest BCUT2D eigenvalue weighted by atomic mass is 32.2. The van der Waals surface area contributed by atoms with E-state index in [1.165, 1.54) is 24.3 Å². The first kappa shape index (κ1) is 14.9.